The number of anilines is 2. The molecule has 9 heteroatoms. The van der Waals surface area contributed by atoms with Crippen molar-refractivity contribution in [1.82, 2.24) is 19.7 Å². The highest BCUT2D eigenvalue weighted by atomic mass is 32.1. The van der Waals surface area contributed by atoms with Gasteiger partial charge in [-0.05, 0) is 36.0 Å². The molecule has 0 aliphatic carbocycles. The molecule has 3 rings (SSSR count). The molecule has 0 saturated heterocycles. The number of nitrogens with one attached hydrogen (secondary N) is 1. The van der Waals surface area contributed by atoms with E-state index in [9.17, 15) is 4.39 Å². The summed E-state index contributed by atoms with van der Waals surface area (Å²) in [5.74, 6) is -0.350. The molecule has 0 aliphatic heterocycles. The Morgan fingerprint density at radius 2 is 2.15 bits per heavy atom. The van der Waals surface area contributed by atoms with E-state index >= 15 is 0 Å². The molecule has 2 aromatic heterocycles. The maximum absolute atomic E-state index is 13.8. The van der Waals surface area contributed by atoms with Gasteiger partial charge in [0.2, 0.25) is 5.13 Å². The van der Waals surface area contributed by atoms with Gasteiger partial charge >= 0.3 is 0 Å². The van der Waals surface area contributed by atoms with Crippen LogP contribution in [-0.4, -0.2) is 26.2 Å². The maximum atomic E-state index is 13.8. The fourth-order valence-electron chi connectivity index (χ4n) is 2.47. The number of nitrogens with zero attached hydrogens (tertiary/aromatic N) is 5. The molecule has 0 aliphatic rings. The fourth-order valence-corrected chi connectivity index (χ4v) is 3.48. The van der Waals surface area contributed by atoms with Crippen molar-refractivity contribution in [3.05, 3.63) is 64.1 Å². The second kappa shape index (κ2) is 9.32. The predicted octanol–water partition coefficient (Wildman–Crippen LogP) is 4.33. The number of benzene rings is 1. The van der Waals surface area contributed by atoms with Gasteiger partial charge in [0.15, 0.2) is 3.95 Å². The minimum absolute atomic E-state index is 0.350. The first-order valence-corrected chi connectivity index (χ1v) is 9.46. The summed E-state index contributed by atoms with van der Waals surface area (Å²) in [5, 5.41) is 16.9. The molecule has 0 unspecified atom stereocenters. The first-order valence-electron chi connectivity index (χ1n) is 8.23. The molecule has 1 N–H and O–H groups in total. The van der Waals surface area contributed by atoms with E-state index < -0.39 is 0 Å². The second-order valence-electron chi connectivity index (χ2n) is 5.74. The Morgan fingerprint density at radius 1 is 1.30 bits per heavy atom. The van der Waals surface area contributed by atoms with Crippen LogP contribution in [0.1, 0.15) is 12.0 Å². The number of rotatable bonds is 8. The average molecular weight is 401 g/mol. The Kier molecular flexibility index (Phi) is 6.59. The summed E-state index contributed by atoms with van der Waals surface area (Å²) < 4.78 is 16.1. The normalized spacial score (nSPS) is 10.7. The molecule has 2 heterocycles. The van der Waals surface area contributed by atoms with E-state index in [4.69, 9.17) is 17.5 Å². The Morgan fingerprint density at radius 3 is 2.89 bits per heavy atom. The molecule has 0 saturated carbocycles. The highest BCUT2D eigenvalue weighted by Gasteiger charge is 2.11. The lowest BCUT2D eigenvalue weighted by atomic mass is 10.2. The highest BCUT2D eigenvalue weighted by Crippen LogP contribution is 2.22. The zero-order valence-corrected chi connectivity index (χ0v) is 16.0. The van der Waals surface area contributed by atoms with Crippen LogP contribution in [0.2, 0.25) is 0 Å². The summed E-state index contributed by atoms with van der Waals surface area (Å²) in [5.41, 5.74) is 1.40. The van der Waals surface area contributed by atoms with Crippen molar-refractivity contribution in [2.45, 2.75) is 19.6 Å². The van der Waals surface area contributed by atoms with Gasteiger partial charge in [-0.1, -0.05) is 29.5 Å². The smallest absolute Gasteiger partial charge is 0.209 e. The Hall–Kier alpha value is -2.67. The van der Waals surface area contributed by atoms with Crippen molar-refractivity contribution < 1.29 is 4.39 Å². The maximum Gasteiger partial charge on any atom is 0.209 e. The number of pyridine rings is 1. The zero-order valence-electron chi connectivity index (χ0n) is 14.4. The summed E-state index contributed by atoms with van der Waals surface area (Å²) in [6.07, 6.45) is 3.92. The van der Waals surface area contributed by atoms with Crippen molar-refractivity contribution in [2.75, 3.05) is 11.9 Å². The summed E-state index contributed by atoms with van der Waals surface area (Å²) in [7, 11) is 0. The Labute approximate surface area is 165 Å². The van der Waals surface area contributed by atoms with Crippen LogP contribution < -0.4 is 5.32 Å². The van der Waals surface area contributed by atoms with Crippen molar-refractivity contribution >= 4 is 34.4 Å². The van der Waals surface area contributed by atoms with E-state index in [1.165, 1.54) is 17.4 Å². The van der Waals surface area contributed by atoms with Gasteiger partial charge in [-0.15, -0.1) is 5.10 Å². The molecule has 1 aromatic carbocycles. The second-order valence-corrected chi connectivity index (χ2v) is 7.36. The number of hydrogen-bond acceptors (Lipinski definition) is 7. The van der Waals surface area contributed by atoms with E-state index in [0.717, 1.165) is 5.56 Å². The molecule has 138 valence electrons. The van der Waals surface area contributed by atoms with Gasteiger partial charge in [-0.2, -0.15) is 5.26 Å². The van der Waals surface area contributed by atoms with Crippen molar-refractivity contribution in [3.8, 4) is 6.07 Å². The first kappa shape index (κ1) is 19.1. The van der Waals surface area contributed by atoms with Gasteiger partial charge < -0.3 is 5.32 Å². The number of aromatic nitrogens is 3. The summed E-state index contributed by atoms with van der Waals surface area (Å²) >= 11 is 6.67. The first-order chi connectivity index (χ1) is 13.2. The standard InChI is InChI=1S/C18H17FN6S2/c19-15-6-1-2-7-16(15)22-17-23-25(18(26)27-17)13-24(10-4-8-20)12-14-5-3-9-21-11-14/h1-3,5-7,9,11H,4,10,12-13H2,(H,22,23). The van der Waals surface area contributed by atoms with Crippen molar-refractivity contribution in [1.29, 1.82) is 5.26 Å². The molecule has 0 spiro atoms. The van der Waals surface area contributed by atoms with E-state index in [1.54, 1.807) is 35.3 Å². The quantitative estimate of drug-likeness (QED) is 0.568. The minimum Gasteiger partial charge on any atom is -0.328 e. The molecular weight excluding hydrogens is 383 g/mol. The van der Waals surface area contributed by atoms with Gasteiger partial charge in [0, 0.05) is 31.9 Å². The molecular formula is C18H17FN6S2. The monoisotopic (exact) mass is 400 g/mol. The van der Waals surface area contributed by atoms with E-state index in [2.05, 4.69) is 26.4 Å². The van der Waals surface area contributed by atoms with Crippen LogP contribution in [0.5, 0.6) is 0 Å². The molecule has 0 radical (unpaired) electrons. The molecule has 27 heavy (non-hydrogen) atoms. The van der Waals surface area contributed by atoms with E-state index in [1.807, 2.05) is 12.1 Å². The summed E-state index contributed by atoms with van der Waals surface area (Å²) in [6.45, 7) is 1.65. The van der Waals surface area contributed by atoms with Crippen LogP contribution in [0, 0.1) is 21.1 Å². The SMILES string of the molecule is N#CCCN(Cc1cccnc1)Cn1nc(Nc2ccccc2F)sc1=S. The molecule has 3 aromatic rings. The zero-order chi connectivity index (χ0) is 19.1. The highest BCUT2D eigenvalue weighted by molar-refractivity contribution is 7.73. The summed E-state index contributed by atoms with van der Waals surface area (Å²) in [6, 6.07) is 12.4. The molecule has 0 amide bonds. The van der Waals surface area contributed by atoms with Crippen LogP contribution in [0.4, 0.5) is 15.2 Å². The van der Waals surface area contributed by atoms with Gasteiger partial charge in [-0.3, -0.25) is 9.88 Å². The lowest BCUT2D eigenvalue weighted by Crippen LogP contribution is -2.27. The molecule has 6 nitrogen and oxygen atoms in total. The molecule has 0 atom stereocenters. The van der Waals surface area contributed by atoms with Gasteiger partial charge in [0.25, 0.3) is 0 Å². The lowest BCUT2D eigenvalue weighted by Gasteiger charge is -2.20. The molecule has 0 bridgehead atoms. The number of halogens is 1. The van der Waals surface area contributed by atoms with Gasteiger partial charge in [-0.25, -0.2) is 9.07 Å². The van der Waals surface area contributed by atoms with Crippen molar-refractivity contribution in [3.63, 3.8) is 0 Å². The fraction of sp³-hybridized carbons (Fsp3) is 0.222. The van der Waals surface area contributed by atoms with Gasteiger partial charge in [0.1, 0.15) is 5.82 Å². The predicted molar refractivity (Wildman–Crippen MR) is 105 cm³/mol. The minimum atomic E-state index is -0.350. The number of nitriles is 1. The Bertz CT molecular complexity index is 979. The topological polar surface area (TPSA) is 69.8 Å². The third-order valence-corrected chi connectivity index (χ3v) is 4.95. The van der Waals surface area contributed by atoms with Crippen LogP contribution in [-0.2, 0) is 13.2 Å². The van der Waals surface area contributed by atoms with Crippen LogP contribution in [0.25, 0.3) is 0 Å². The van der Waals surface area contributed by atoms with E-state index in [-0.39, 0.29) is 5.82 Å². The van der Waals surface area contributed by atoms with Crippen LogP contribution in [0.3, 0.4) is 0 Å². The lowest BCUT2D eigenvalue weighted by molar-refractivity contribution is 0.202. The number of hydrogen-bond donors (Lipinski definition) is 1. The number of para-hydroxylation sites is 1. The average Bonchev–Trinajstić information content (AvgIpc) is 3.01. The van der Waals surface area contributed by atoms with Crippen LogP contribution >= 0.6 is 23.6 Å². The van der Waals surface area contributed by atoms with Gasteiger partial charge in [0.05, 0.1) is 18.4 Å². The summed E-state index contributed by atoms with van der Waals surface area (Å²) in [4.78, 5) is 6.20. The van der Waals surface area contributed by atoms with Crippen LogP contribution in [0.15, 0.2) is 48.8 Å². The molecule has 0 fully saturated rings. The third kappa shape index (κ3) is 5.40. The Balaban J connectivity index is 1.74. The largest absolute Gasteiger partial charge is 0.328 e. The van der Waals surface area contributed by atoms with E-state index in [0.29, 0.717) is 41.0 Å². The third-order valence-electron chi connectivity index (χ3n) is 3.72. The van der Waals surface area contributed by atoms with Crippen molar-refractivity contribution in [2.24, 2.45) is 0 Å².